The number of hydrogen-bond donors (Lipinski definition) is 3. The van der Waals surface area contributed by atoms with Crippen molar-refractivity contribution in [2.24, 2.45) is 0 Å². The number of amides is 1. The average molecular weight is 498 g/mol. The summed E-state index contributed by atoms with van der Waals surface area (Å²) < 4.78 is 5.30. The predicted octanol–water partition coefficient (Wildman–Crippen LogP) is 4.51. The molecule has 2 heterocycles. The molecule has 3 N–H and O–H groups in total. The van der Waals surface area contributed by atoms with Crippen molar-refractivity contribution in [3.63, 3.8) is 0 Å². The van der Waals surface area contributed by atoms with Gasteiger partial charge >= 0.3 is 11.9 Å². The number of aromatic carboxylic acids is 1. The highest BCUT2D eigenvalue weighted by Gasteiger charge is 2.48. The zero-order valence-corrected chi connectivity index (χ0v) is 20.3. The molecule has 1 amide bonds. The predicted molar refractivity (Wildman–Crippen MR) is 137 cm³/mol. The first kappa shape index (κ1) is 23.8. The Morgan fingerprint density at radius 3 is 2.43 bits per heavy atom. The smallest absolute Gasteiger partial charge is 0.335 e. The molecule has 9 nitrogen and oxygen atoms in total. The fourth-order valence-corrected chi connectivity index (χ4v) is 4.63. The Morgan fingerprint density at radius 1 is 1.00 bits per heavy atom. The van der Waals surface area contributed by atoms with E-state index in [2.05, 4.69) is 9.97 Å². The zero-order valence-electron chi connectivity index (χ0n) is 20.3. The number of aromatic amines is 1. The average Bonchev–Trinajstić information content (AvgIpc) is 3.41. The van der Waals surface area contributed by atoms with Crippen LogP contribution in [0, 0.1) is 13.8 Å². The van der Waals surface area contributed by atoms with Gasteiger partial charge in [-0.2, -0.15) is 0 Å². The highest BCUT2D eigenvalue weighted by atomic mass is 16.5. The number of methoxy groups -OCH3 is 1. The SMILES string of the molecule is COc1ccc(/C(O)=C2\C(=O)C(=O)N(c3nc4ccc(C(=O)O)cc4[nH]3)C2c2cccc(C)c2)cc1C. The molecule has 0 spiro atoms. The monoisotopic (exact) mass is 497 g/mol. The van der Waals surface area contributed by atoms with E-state index in [4.69, 9.17) is 4.74 Å². The van der Waals surface area contributed by atoms with Crippen LogP contribution >= 0.6 is 0 Å². The van der Waals surface area contributed by atoms with E-state index in [0.29, 0.717) is 27.9 Å². The lowest BCUT2D eigenvalue weighted by Crippen LogP contribution is -2.30. The molecule has 0 aliphatic carbocycles. The van der Waals surface area contributed by atoms with Crippen LogP contribution in [-0.2, 0) is 9.59 Å². The van der Waals surface area contributed by atoms with Crippen LogP contribution in [0.25, 0.3) is 16.8 Å². The highest BCUT2D eigenvalue weighted by Crippen LogP contribution is 2.42. The molecular weight excluding hydrogens is 474 g/mol. The largest absolute Gasteiger partial charge is 0.507 e. The van der Waals surface area contributed by atoms with Gasteiger partial charge in [0.05, 0.1) is 35.3 Å². The minimum atomic E-state index is -1.10. The summed E-state index contributed by atoms with van der Waals surface area (Å²) in [7, 11) is 1.54. The van der Waals surface area contributed by atoms with Crippen molar-refractivity contribution in [1.29, 1.82) is 0 Å². The highest BCUT2D eigenvalue weighted by molar-refractivity contribution is 6.51. The maximum atomic E-state index is 13.4. The molecule has 0 saturated carbocycles. The first-order valence-corrected chi connectivity index (χ1v) is 11.4. The molecule has 1 aromatic heterocycles. The number of carbonyl (C=O) groups excluding carboxylic acids is 2. The molecule has 9 heteroatoms. The summed E-state index contributed by atoms with van der Waals surface area (Å²) in [5.74, 6) is -2.46. The molecule has 37 heavy (non-hydrogen) atoms. The lowest BCUT2D eigenvalue weighted by atomic mass is 9.94. The Morgan fingerprint density at radius 2 is 1.76 bits per heavy atom. The molecule has 1 aliphatic rings. The fourth-order valence-electron chi connectivity index (χ4n) is 4.63. The number of Topliss-reactive ketones (excluding diaryl/α,β-unsaturated/α-hetero) is 1. The molecule has 1 saturated heterocycles. The molecule has 1 unspecified atom stereocenters. The number of anilines is 1. The molecule has 5 rings (SSSR count). The molecule has 4 aromatic rings. The van der Waals surface area contributed by atoms with Gasteiger partial charge in [-0.1, -0.05) is 29.8 Å². The standard InChI is InChI=1S/C28H23N3O6/c1-14-5-4-6-16(11-14)23-22(24(32)17-8-10-21(37-3)15(2)12-17)25(33)26(34)31(23)28-29-19-9-7-18(27(35)36)13-20(19)30-28/h4-13,23,32H,1-3H3,(H,29,30)(H,35,36)/b24-22+. The quantitative estimate of drug-likeness (QED) is 0.210. The number of ketones is 1. The second-order valence-corrected chi connectivity index (χ2v) is 8.87. The van der Waals surface area contributed by atoms with Crippen molar-refractivity contribution < 1.29 is 29.3 Å². The second-order valence-electron chi connectivity index (χ2n) is 8.87. The number of imidazole rings is 1. The van der Waals surface area contributed by atoms with E-state index in [1.807, 2.05) is 26.0 Å². The third kappa shape index (κ3) is 4.00. The Hall–Kier alpha value is -4.92. The van der Waals surface area contributed by atoms with Crippen molar-refractivity contribution in [2.45, 2.75) is 19.9 Å². The molecule has 1 aliphatic heterocycles. The van der Waals surface area contributed by atoms with Crippen molar-refractivity contribution in [2.75, 3.05) is 12.0 Å². The number of fused-ring (bicyclic) bond motifs is 1. The van der Waals surface area contributed by atoms with E-state index in [9.17, 15) is 24.6 Å². The van der Waals surface area contributed by atoms with Gasteiger partial charge < -0.3 is 19.9 Å². The van der Waals surface area contributed by atoms with Gasteiger partial charge in [-0.25, -0.2) is 9.78 Å². The van der Waals surface area contributed by atoms with Crippen LogP contribution in [0.4, 0.5) is 5.95 Å². The van der Waals surface area contributed by atoms with Crippen LogP contribution in [-0.4, -0.2) is 45.0 Å². The molecular formula is C28H23N3O6. The van der Waals surface area contributed by atoms with E-state index in [0.717, 1.165) is 11.1 Å². The van der Waals surface area contributed by atoms with Gasteiger partial charge in [-0.15, -0.1) is 0 Å². The lowest BCUT2D eigenvalue weighted by Gasteiger charge is -2.23. The maximum Gasteiger partial charge on any atom is 0.335 e. The second kappa shape index (κ2) is 8.94. The third-order valence-corrected chi connectivity index (χ3v) is 6.42. The first-order chi connectivity index (χ1) is 17.7. The summed E-state index contributed by atoms with van der Waals surface area (Å²) in [6.45, 7) is 3.70. The zero-order chi connectivity index (χ0) is 26.4. The molecule has 0 radical (unpaired) electrons. The lowest BCUT2D eigenvalue weighted by molar-refractivity contribution is -0.132. The van der Waals surface area contributed by atoms with E-state index in [1.54, 1.807) is 30.3 Å². The van der Waals surface area contributed by atoms with E-state index in [-0.39, 0.29) is 22.8 Å². The van der Waals surface area contributed by atoms with Crippen LogP contribution < -0.4 is 9.64 Å². The van der Waals surface area contributed by atoms with Crippen LogP contribution in [0.2, 0.25) is 0 Å². The number of rotatable bonds is 5. The summed E-state index contributed by atoms with van der Waals surface area (Å²) in [6.07, 6.45) is 0. The minimum absolute atomic E-state index is 0.0508. The van der Waals surface area contributed by atoms with Gasteiger partial charge in [0.2, 0.25) is 5.95 Å². The van der Waals surface area contributed by atoms with E-state index >= 15 is 0 Å². The van der Waals surface area contributed by atoms with Crippen molar-refractivity contribution in [1.82, 2.24) is 9.97 Å². The fraction of sp³-hybridized carbons (Fsp3) is 0.143. The summed E-state index contributed by atoms with van der Waals surface area (Å²) >= 11 is 0. The Balaban J connectivity index is 1.72. The van der Waals surface area contributed by atoms with Gasteiger partial charge in [0.15, 0.2) is 0 Å². The third-order valence-electron chi connectivity index (χ3n) is 6.42. The number of H-pyrrole nitrogens is 1. The number of nitrogens with zero attached hydrogens (tertiary/aromatic N) is 2. The van der Waals surface area contributed by atoms with Gasteiger partial charge in [-0.05, 0) is 61.4 Å². The summed E-state index contributed by atoms with van der Waals surface area (Å²) in [6, 6.07) is 15.7. The van der Waals surface area contributed by atoms with Crippen LogP contribution in [0.15, 0.2) is 66.2 Å². The Labute approximate surface area is 211 Å². The molecule has 0 bridgehead atoms. The van der Waals surface area contributed by atoms with Crippen molar-refractivity contribution in [3.8, 4) is 5.75 Å². The van der Waals surface area contributed by atoms with E-state index < -0.39 is 23.7 Å². The molecule has 1 fully saturated rings. The first-order valence-electron chi connectivity index (χ1n) is 11.4. The number of hydrogen-bond acceptors (Lipinski definition) is 6. The summed E-state index contributed by atoms with van der Waals surface area (Å²) in [4.78, 5) is 46.8. The topological polar surface area (TPSA) is 133 Å². The van der Waals surface area contributed by atoms with Gasteiger partial charge in [0.25, 0.3) is 5.78 Å². The summed E-state index contributed by atoms with van der Waals surface area (Å²) in [5.41, 5.74) is 3.42. The maximum absolute atomic E-state index is 13.4. The number of aromatic nitrogens is 2. The van der Waals surface area contributed by atoms with Crippen LogP contribution in [0.1, 0.15) is 38.7 Å². The van der Waals surface area contributed by atoms with Crippen molar-refractivity contribution in [3.05, 3.63) is 94.1 Å². The summed E-state index contributed by atoms with van der Waals surface area (Å²) in [5, 5.41) is 20.7. The van der Waals surface area contributed by atoms with Crippen LogP contribution in [0.3, 0.4) is 0 Å². The Kier molecular flexibility index (Phi) is 5.75. The number of carbonyl (C=O) groups is 3. The molecule has 1 atom stereocenters. The van der Waals surface area contributed by atoms with E-state index in [1.165, 1.54) is 30.2 Å². The number of carboxylic acids is 1. The normalized spacial score (nSPS) is 16.9. The number of ether oxygens (including phenoxy) is 1. The number of aliphatic hydroxyl groups is 1. The number of benzene rings is 3. The van der Waals surface area contributed by atoms with Crippen molar-refractivity contribution >= 4 is 40.4 Å². The van der Waals surface area contributed by atoms with Gasteiger partial charge in [0.1, 0.15) is 11.5 Å². The van der Waals surface area contributed by atoms with Crippen LogP contribution in [0.5, 0.6) is 5.75 Å². The molecule has 186 valence electrons. The minimum Gasteiger partial charge on any atom is -0.507 e. The number of nitrogens with one attached hydrogen (secondary N) is 1. The number of aryl methyl sites for hydroxylation is 2. The molecule has 3 aromatic carbocycles. The number of aliphatic hydroxyl groups excluding tert-OH is 1. The number of carboxylic acid groups (broad SMARTS) is 1. The Bertz CT molecular complexity index is 1630. The van der Waals surface area contributed by atoms with Gasteiger partial charge in [0, 0.05) is 5.56 Å². The van der Waals surface area contributed by atoms with Gasteiger partial charge in [-0.3, -0.25) is 14.5 Å².